The smallest absolute Gasteiger partial charge is 0.129 e. The van der Waals surface area contributed by atoms with Crippen LogP contribution in [0.5, 0.6) is 0 Å². The van der Waals surface area contributed by atoms with Crippen molar-refractivity contribution in [3.8, 4) is 0 Å². The Bertz CT molecular complexity index is 265. The van der Waals surface area contributed by atoms with Gasteiger partial charge in [0.15, 0.2) is 0 Å². The molecule has 0 saturated carbocycles. The number of halogens is 1. The summed E-state index contributed by atoms with van der Waals surface area (Å²) < 4.78 is 0. The van der Waals surface area contributed by atoms with Crippen LogP contribution in [0, 0.1) is 0 Å². The van der Waals surface area contributed by atoms with Crippen molar-refractivity contribution in [3.63, 3.8) is 0 Å². The Labute approximate surface area is 70.9 Å². The van der Waals surface area contributed by atoms with Crippen LogP contribution in [0.25, 0.3) is 0 Å². The van der Waals surface area contributed by atoms with Crippen molar-refractivity contribution in [2.75, 3.05) is 6.54 Å². The van der Waals surface area contributed by atoms with Gasteiger partial charge in [0.25, 0.3) is 0 Å². The Kier molecular flexibility index (Phi) is 1.50. The Morgan fingerprint density at radius 3 is 3.27 bits per heavy atom. The Balaban J connectivity index is 2.33. The number of aliphatic imine (C=N–C) groups is 1. The van der Waals surface area contributed by atoms with Gasteiger partial charge < -0.3 is 4.90 Å². The summed E-state index contributed by atoms with van der Waals surface area (Å²) >= 11 is 5.94. The molecule has 2 rings (SSSR count). The summed E-state index contributed by atoms with van der Waals surface area (Å²) in [6.07, 6.45) is 5.80. The number of rotatable bonds is 0. The molecule has 0 aromatic heterocycles. The fourth-order valence-electron chi connectivity index (χ4n) is 1.33. The van der Waals surface area contributed by atoms with Crippen LogP contribution in [0.2, 0.25) is 0 Å². The minimum absolute atomic E-state index is 0.370. The van der Waals surface area contributed by atoms with Gasteiger partial charge in [-0.25, -0.2) is 0 Å². The van der Waals surface area contributed by atoms with Crippen molar-refractivity contribution >= 4 is 17.4 Å². The number of nitrogens with zero attached hydrogens (tertiary/aromatic N) is 2. The largest absolute Gasteiger partial charge is 0.315 e. The van der Waals surface area contributed by atoms with Gasteiger partial charge in [0.05, 0.1) is 6.04 Å². The van der Waals surface area contributed by atoms with E-state index in [1.54, 1.807) is 0 Å². The highest BCUT2D eigenvalue weighted by Crippen LogP contribution is 2.21. The van der Waals surface area contributed by atoms with Crippen molar-refractivity contribution in [2.45, 2.75) is 13.0 Å². The third-order valence-corrected chi connectivity index (χ3v) is 2.14. The summed E-state index contributed by atoms with van der Waals surface area (Å²) in [7, 11) is 0. The highest BCUT2D eigenvalue weighted by Gasteiger charge is 2.23. The lowest BCUT2D eigenvalue weighted by Crippen LogP contribution is -2.26. The lowest BCUT2D eigenvalue weighted by molar-refractivity contribution is 0.545. The molecule has 0 saturated heterocycles. The molecule has 2 heterocycles. The number of fused-ring (bicyclic) bond motifs is 1. The van der Waals surface area contributed by atoms with Crippen LogP contribution in [0.15, 0.2) is 28.4 Å². The Morgan fingerprint density at radius 2 is 2.55 bits per heavy atom. The zero-order valence-electron chi connectivity index (χ0n) is 6.29. The molecule has 3 heteroatoms. The Morgan fingerprint density at radius 1 is 1.73 bits per heavy atom. The first-order valence-electron chi connectivity index (χ1n) is 3.66. The van der Waals surface area contributed by atoms with E-state index in [-0.39, 0.29) is 0 Å². The summed E-state index contributed by atoms with van der Waals surface area (Å²) in [5, 5.41) is 0.774. The number of hydrogen-bond acceptors (Lipinski definition) is 2. The van der Waals surface area contributed by atoms with Crippen molar-refractivity contribution in [1.82, 2.24) is 4.90 Å². The second-order valence-electron chi connectivity index (χ2n) is 2.80. The van der Waals surface area contributed by atoms with E-state index in [1.807, 2.05) is 23.1 Å². The third-order valence-electron chi connectivity index (χ3n) is 1.81. The van der Waals surface area contributed by atoms with E-state index in [9.17, 15) is 0 Å². The van der Waals surface area contributed by atoms with E-state index in [0.29, 0.717) is 6.04 Å². The first-order chi connectivity index (χ1) is 5.27. The molecule has 0 aliphatic carbocycles. The maximum Gasteiger partial charge on any atom is 0.129 e. The number of hydrogen-bond donors (Lipinski definition) is 0. The molecule has 0 spiro atoms. The van der Waals surface area contributed by atoms with Gasteiger partial charge in [-0.3, -0.25) is 4.99 Å². The first-order valence-corrected chi connectivity index (χ1v) is 4.04. The molecular weight excluding hydrogens is 160 g/mol. The summed E-state index contributed by atoms with van der Waals surface area (Å²) in [6.45, 7) is 3.00. The van der Waals surface area contributed by atoms with Gasteiger partial charge in [0, 0.05) is 6.54 Å². The minimum Gasteiger partial charge on any atom is -0.315 e. The van der Waals surface area contributed by atoms with Crippen LogP contribution in [0.3, 0.4) is 0 Å². The topological polar surface area (TPSA) is 15.6 Å². The monoisotopic (exact) mass is 168 g/mol. The van der Waals surface area contributed by atoms with Gasteiger partial charge in [-0.15, -0.1) is 0 Å². The molecule has 0 amide bonds. The molecule has 1 atom stereocenters. The van der Waals surface area contributed by atoms with Gasteiger partial charge in [0.2, 0.25) is 0 Å². The fourth-order valence-corrected chi connectivity index (χ4v) is 1.56. The molecule has 0 fully saturated rings. The molecule has 0 bridgehead atoms. The summed E-state index contributed by atoms with van der Waals surface area (Å²) in [5.74, 6) is 0.991. The maximum atomic E-state index is 5.94. The number of amidine groups is 1. The van der Waals surface area contributed by atoms with Gasteiger partial charge >= 0.3 is 0 Å². The zero-order valence-corrected chi connectivity index (χ0v) is 7.04. The van der Waals surface area contributed by atoms with Crippen molar-refractivity contribution in [1.29, 1.82) is 0 Å². The zero-order chi connectivity index (χ0) is 7.84. The lowest BCUT2D eigenvalue weighted by atomic mass is 10.3. The highest BCUT2D eigenvalue weighted by atomic mass is 35.5. The van der Waals surface area contributed by atoms with E-state index in [0.717, 1.165) is 17.5 Å². The first kappa shape index (κ1) is 6.92. The van der Waals surface area contributed by atoms with E-state index < -0.39 is 0 Å². The van der Waals surface area contributed by atoms with Crippen LogP contribution in [0.4, 0.5) is 0 Å². The van der Waals surface area contributed by atoms with Crippen LogP contribution in [-0.2, 0) is 0 Å². The van der Waals surface area contributed by atoms with Crippen molar-refractivity contribution < 1.29 is 0 Å². The highest BCUT2D eigenvalue weighted by molar-refractivity contribution is 6.31. The molecule has 2 aliphatic heterocycles. The molecule has 2 aliphatic rings. The van der Waals surface area contributed by atoms with Crippen molar-refractivity contribution in [2.24, 2.45) is 4.99 Å². The minimum atomic E-state index is 0.370. The van der Waals surface area contributed by atoms with Gasteiger partial charge in [-0.2, -0.15) is 0 Å². The maximum absolute atomic E-state index is 5.94. The normalized spacial score (nSPS) is 28.2. The van der Waals surface area contributed by atoms with Crippen LogP contribution in [0.1, 0.15) is 6.92 Å². The predicted octanol–water partition coefficient (Wildman–Crippen LogP) is 1.74. The van der Waals surface area contributed by atoms with Crippen molar-refractivity contribution in [3.05, 3.63) is 23.4 Å². The second kappa shape index (κ2) is 2.38. The Hall–Kier alpha value is -0.760. The van der Waals surface area contributed by atoms with E-state index >= 15 is 0 Å². The number of allylic oxidation sites excluding steroid dienone is 2. The summed E-state index contributed by atoms with van der Waals surface area (Å²) in [6, 6.07) is 0.370. The molecule has 2 nitrogen and oxygen atoms in total. The average molecular weight is 169 g/mol. The van der Waals surface area contributed by atoms with Crippen LogP contribution >= 0.6 is 11.6 Å². The molecule has 0 aromatic rings. The van der Waals surface area contributed by atoms with E-state index in [2.05, 4.69) is 11.9 Å². The average Bonchev–Trinajstić information content (AvgIpc) is 2.31. The molecule has 58 valence electrons. The van der Waals surface area contributed by atoms with Crippen LogP contribution in [-0.4, -0.2) is 23.3 Å². The van der Waals surface area contributed by atoms with Gasteiger partial charge in [-0.1, -0.05) is 17.7 Å². The molecule has 0 unspecified atom stereocenters. The lowest BCUT2D eigenvalue weighted by Gasteiger charge is -2.19. The van der Waals surface area contributed by atoms with Gasteiger partial charge in [0.1, 0.15) is 11.0 Å². The van der Waals surface area contributed by atoms with E-state index in [1.165, 1.54) is 0 Å². The van der Waals surface area contributed by atoms with E-state index in [4.69, 9.17) is 11.6 Å². The van der Waals surface area contributed by atoms with Gasteiger partial charge in [-0.05, 0) is 19.1 Å². The molecule has 0 radical (unpaired) electrons. The fraction of sp³-hybridized carbons (Fsp3) is 0.375. The quantitative estimate of drug-likeness (QED) is 0.503. The van der Waals surface area contributed by atoms with Crippen LogP contribution < -0.4 is 0 Å². The molecular formula is C8H9ClN2. The third kappa shape index (κ3) is 1.07. The summed E-state index contributed by atoms with van der Waals surface area (Å²) in [5.41, 5.74) is 0. The summed E-state index contributed by atoms with van der Waals surface area (Å²) in [4.78, 5) is 6.41. The SMILES string of the molecule is C[C@@H]1CN2C(Cl)=CC=CC2=N1. The second-order valence-corrected chi connectivity index (χ2v) is 3.18. The molecule has 11 heavy (non-hydrogen) atoms. The molecule has 0 aromatic carbocycles. The standard InChI is InChI=1S/C8H9ClN2/c1-6-5-11-7(9)3-2-4-8(11)10-6/h2-4,6H,5H2,1H3/t6-/m1/s1. The predicted molar refractivity (Wildman–Crippen MR) is 46.7 cm³/mol. The molecule has 0 N–H and O–H groups in total.